The summed E-state index contributed by atoms with van der Waals surface area (Å²) in [6.07, 6.45) is 2.84. The first kappa shape index (κ1) is 17.0. The first-order valence-electron chi connectivity index (χ1n) is 7.10. The van der Waals surface area contributed by atoms with Crippen molar-refractivity contribution in [3.05, 3.63) is 29.8 Å². The Hall–Kier alpha value is -1.07. The number of hydrogen-bond acceptors (Lipinski definition) is 4. The van der Waals surface area contributed by atoms with E-state index in [0.717, 1.165) is 24.3 Å². The molecule has 0 aromatic heterocycles. The highest BCUT2D eigenvalue weighted by molar-refractivity contribution is 7.90. The molecule has 4 nitrogen and oxygen atoms in total. The van der Waals surface area contributed by atoms with E-state index >= 15 is 0 Å². The third kappa shape index (κ3) is 5.92. The Kier molecular flexibility index (Phi) is 7.02. The van der Waals surface area contributed by atoms with Gasteiger partial charge >= 0.3 is 0 Å². The molecule has 1 atom stereocenters. The Labute approximate surface area is 122 Å². The quantitative estimate of drug-likeness (QED) is 0.761. The van der Waals surface area contributed by atoms with Crippen molar-refractivity contribution in [1.82, 2.24) is 5.32 Å². The molecule has 1 aromatic carbocycles. The molecule has 0 aliphatic heterocycles. The molecule has 0 bridgehead atoms. The van der Waals surface area contributed by atoms with Crippen LogP contribution in [0.1, 0.15) is 38.3 Å². The molecule has 0 saturated carbocycles. The predicted molar refractivity (Wildman–Crippen MR) is 83.0 cm³/mol. The van der Waals surface area contributed by atoms with Gasteiger partial charge in [-0.25, -0.2) is 8.42 Å². The lowest BCUT2D eigenvalue weighted by Crippen LogP contribution is -2.25. The molecule has 1 rings (SSSR count). The molecular formula is C15H25NO3S. The summed E-state index contributed by atoms with van der Waals surface area (Å²) in [6.45, 7) is 5.50. The number of sulfone groups is 1. The van der Waals surface area contributed by atoms with Crippen molar-refractivity contribution in [3.63, 3.8) is 0 Å². The van der Waals surface area contributed by atoms with Crippen LogP contribution >= 0.6 is 0 Å². The van der Waals surface area contributed by atoms with Gasteiger partial charge in [-0.05, 0) is 32.4 Å². The van der Waals surface area contributed by atoms with Gasteiger partial charge in [-0.1, -0.05) is 25.1 Å². The molecule has 0 heterocycles. The van der Waals surface area contributed by atoms with Gasteiger partial charge in [0, 0.05) is 17.9 Å². The monoisotopic (exact) mass is 299 g/mol. The largest absolute Gasteiger partial charge is 0.494 e. The van der Waals surface area contributed by atoms with Gasteiger partial charge in [-0.2, -0.15) is 0 Å². The second-order valence-electron chi connectivity index (χ2n) is 4.90. The van der Waals surface area contributed by atoms with Crippen LogP contribution in [0.5, 0.6) is 5.75 Å². The minimum atomic E-state index is -2.96. The van der Waals surface area contributed by atoms with E-state index in [9.17, 15) is 8.42 Å². The second kappa shape index (κ2) is 8.27. The number of benzene rings is 1. The van der Waals surface area contributed by atoms with E-state index in [4.69, 9.17) is 4.74 Å². The second-order valence-corrected chi connectivity index (χ2v) is 7.16. The first-order chi connectivity index (χ1) is 9.48. The fourth-order valence-corrected chi connectivity index (χ4v) is 2.74. The molecule has 1 unspecified atom stereocenters. The number of rotatable bonds is 9. The van der Waals surface area contributed by atoms with Gasteiger partial charge in [0.05, 0.1) is 12.4 Å². The van der Waals surface area contributed by atoms with Gasteiger partial charge < -0.3 is 10.1 Å². The van der Waals surface area contributed by atoms with Crippen molar-refractivity contribution in [1.29, 1.82) is 0 Å². The van der Waals surface area contributed by atoms with Gasteiger partial charge in [0.15, 0.2) is 0 Å². The van der Waals surface area contributed by atoms with Crippen LogP contribution in [-0.4, -0.2) is 33.6 Å². The summed E-state index contributed by atoms with van der Waals surface area (Å²) >= 11 is 0. The third-order valence-electron chi connectivity index (χ3n) is 3.01. The average molecular weight is 299 g/mol. The highest BCUT2D eigenvalue weighted by Crippen LogP contribution is 2.27. The third-order valence-corrected chi connectivity index (χ3v) is 3.99. The maximum absolute atomic E-state index is 11.4. The lowest BCUT2D eigenvalue weighted by Gasteiger charge is -2.21. The summed E-state index contributed by atoms with van der Waals surface area (Å²) in [5, 5.41) is 3.41. The van der Waals surface area contributed by atoms with E-state index in [-0.39, 0.29) is 11.8 Å². The summed E-state index contributed by atoms with van der Waals surface area (Å²) in [7, 11) is -2.96. The molecule has 0 radical (unpaired) electrons. The Morgan fingerprint density at radius 3 is 2.55 bits per heavy atom. The molecule has 0 aliphatic carbocycles. The van der Waals surface area contributed by atoms with Gasteiger partial charge in [0.2, 0.25) is 0 Å². The van der Waals surface area contributed by atoms with E-state index < -0.39 is 9.84 Å². The van der Waals surface area contributed by atoms with Crippen LogP contribution < -0.4 is 10.1 Å². The van der Waals surface area contributed by atoms with Crippen LogP contribution in [0.4, 0.5) is 0 Å². The van der Waals surface area contributed by atoms with E-state index in [2.05, 4.69) is 12.2 Å². The van der Waals surface area contributed by atoms with E-state index in [1.165, 1.54) is 6.26 Å². The molecule has 20 heavy (non-hydrogen) atoms. The summed E-state index contributed by atoms with van der Waals surface area (Å²) in [5.41, 5.74) is 1.03. The fraction of sp³-hybridized carbons (Fsp3) is 0.600. The highest BCUT2D eigenvalue weighted by Gasteiger charge is 2.17. The Balaban J connectivity index is 2.91. The predicted octanol–water partition coefficient (Wildman–Crippen LogP) is 2.56. The van der Waals surface area contributed by atoms with Crippen molar-refractivity contribution < 1.29 is 13.2 Å². The van der Waals surface area contributed by atoms with Crippen LogP contribution in [0.25, 0.3) is 0 Å². The minimum Gasteiger partial charge on any atom is -0.494 e. The van der Waals surface area contributed by atoms with Gasteiger partial charge in [-0.15, -0.1) is 0 Å². The normalized spacial score (nSPS) is 13.2. The molecule has 0 saturated heterocycles. The van der Waals surface area contributed by atoms with Crippen molar-refractivity contribution in [2.45, 2.75) is 32.7 Å². The zero-order chi connectivity index (χ0) is 15.0. The van der Waals surface area contributed by atoms with Crippen molar-refractivity contribution in [2.75, 3.05) is 25.2 Å². The van der Waals surface area contributed by atoms with Gasteiger partial charge in [-0.3, -0.25) is 0 Å². The number of ether oxygens (including phenoxy) is 1. The maximum atomic E-state index is 11.4. The topological polar surface area (TPSA) is 55.4 Å². The van der Waals surface area contributed by atoms with Gasteiger partial charge in [0.1, 0.15) is 15.6 Å². The summed E-state index contributed by atoms with van der Waals surface area (Å²) in [5.74, 6) is 1.01. The number of para-hydroxylation sites is 1. The van der Waals surface area contributed by atoms with E-state index in [1.807, 2.05) is 31.2 Å². The number of nitrogens with one attached hydrogen (secondary N) is 1. The summed E-state index contributed by atoms with van der Waals surface area (Å²) < 4.78 is 28.4. The Bertz CT molecular complexity index is 500. The van der Waals surface area contributed by atoms with Crippen LogP contribution in [0.15, 0.2) is 24.3 Å². The van der Waals surface area contributed by atoms with Crippen LogP contribution in [0.2, 0.25) is 0 Å². The molecule has 0 fully saturated rings. The van der Waals surface area contributed by atoms with Crippen LogP contribution in [0.3, 0.4) is 0 Å². The zero-order valence-electron chi connectivity index (χ0n) is 12.6. The van der Waals surface area contributed by atoms with Crippen molar-refractivity contribution in [3.8, 4) is 5.75 Å². The SMILES string of the molecule is CCCNC(CCS(C)(=O)=O)c1ccccc1OCC. The molecule has 1 aromatic rings. The lowest BCUT2D eigenvalue weighted by atomic mass is 10.0. The zero-order valence-corrected chi connectivity index (χ0v) is 13.4. The smallest absolute Gasteiger partial charge is 0.147 e. The van der Waals surface area contributed by atoms with Gasteiger partial charge in [0.25, 0.3) is 0 Å². The van der Waals surface area contributed by atoms with E-state index in [0.29, 0.717) is 13.0 Å². The Morgan fingerprint density at radius 1 is 1.25 bits per heavy atom. The molecular weight excluding hydrogens is 274 g/mol. The summed E-state index contributed by atoms with van der Waals surface area (Å²) in [4.78, 5) is 0. The van der Waals surface area contributed by atoms with Crippen LogP contribution in [0, 0.1) is 0 Å². The summed E-state index contributed by atoms with van der Waals surface area (Å²) in [6, 6.07) is 7.83. The molecule has 0 amide bonds. The molecule has 5 heteroatoms. The average Bonchev–Trinajstić information content (AvgIpc) is 2.39. The minimum absolute atomic E-state index is 0.00687. The molecule has 0 spiro atoms. The van der Waals surface area contributed by atoms with Crippen molar-refractivity contribution >= 4 is 9.84 Å². The maximum Gasteiger partial charge on any atom is 0.147 e. The molecule has 0 aliphatic rings. The lowest BCUT2D eigenvalue weighted by molar-refractivity contribution is 0.330. The van der Waals surface area contributed by atoms with E-state index in [1.54, 1.807) is 0 Å². The Morgan fingerprint density at radius 2 is 1.95 bits per heavy atom. The highest BCUT2D eigenvalue weighted by atomic mass is 32.2. The fourth-order valence-electron chi connectivity index (χ4n) is 2.07. The first-order valence-corrected chi connectivity index (χ1v) is 9.16. The van der Waals surface area contributed by atoms with Crippen LogP contribution in [-0.2, 0) is 9.84 Å². The number of hydrogen-bond donors (Lipinski definition) is 1. The molecule has 1 N–H and O–H groups in total. The standard InChI is InChI=1S/C15H25NO3S/c1-4-11-16-14(10-12-20(3,17)18)13-8-6-7-9-15(13)19-5-2/h6-9,14,16H,4-5,10-12H2,1-3H3. The van der Waals surface area contributed by atoms with Crippen molar-refractivity contribution in [2.24, 2.45) is 0 Å². The molecule has 114 valence electrons.